The van der Waals surface area contributed by atoms with Gasteiger partial charge >= 0.3 is 0 Å². The summed E-state index contributed by atoms with van der Waals surface area (Å²) >= 11 is 0. The van der Waals surface area contributed by atoms with Crippen LogP contribution in [0.4, 0.5) is 5.69 Å². The van der Waals surface area contributed by atoms with Crippen molar-refractivity contribution in [3.05, 3.63) is 59.7 Å². The number of nitrogens with one attached hydrogen (secondary N) is 1. The van der Waals surface area contributed by atoms with Crippen LogP contribution in [0.25, 0.3) is 0 Å². The average molecular weight is 419 g/mol. The second kappa shape index (κ2) is 9.49. The van der Waals surface area contributed by atoms with Crippen molar-refractivity contribution in [2.75, 3.05) is 38.2 Å². The maximum atomic E-state index is 12.9. The quantitative estimate of drug-likeness (QED) is 0.709. The van der Waals surface area contributed by atoms with Crippen molar-refractivity contribution < 1.29 is 23.3 Å². The Morgan fingerprint density at radius 2 is 1.86 bits per heavy atom. The first kappa shape index (κ1) is 21.4. The smallest absolute Gasteiger partial charge is 0.279 e. The SMILES string of the molecule is Cc1ccc(S(=O)(=O)N2CCOCC2)cc1NC(=O)C[NH2+][C@@H](C)c1ccccc1. The lowest BCUT2D eigenvalue weighted by molar-refractivity contribution is -0.682. The topological polar surface area (TPSA) is 92.3 Å². The zero-order valence-corrected chi connectivity index (χ0v) is 17.6. The third-order valence-electron chi connectivity index (χ3n) is 5.07. The number of benzene rings is 2. The molecule has 0 aromatic heterocycles. The Balaban J connectivity index is 1.66. The van der Waals surface area contributed by atoms with Gasteiger partial charge in [0.1, 0.15) is 6.04 Å². The van der Waals surface area contributed by atoms with Crippen LogP contribution in [0.1, 0.15) is 24.1 Å². The molecular formula is C21H28N3O4S+. The Labute approximate surface area is 172 Å². The lowest BCUT2D eigenvalue weighted by atomic mass is 10.1. The number of nitrogens with zero attached hydrogens (tertiary/aromatic N) is 1. The number of carbonyl (C=O) groups excluding carboxylic acids is 1. The predicted octanol–water partition coefficient (Wildman–Crippen LogP) is 1.28. The summed E-state index contributed by atoms with van der Waals surface area (Å²) < 4.78 is 32.4. The molecule has 1 atom stereocenters. The summed E-state index contributed by atoms with van der Waals surface area (Å²) in [5.41, 5.74) is 2.48. The number of amides is 1. The molecule has 7 nitrogen and oxygen atoms in total. The number of anilines is 1. The van der Waals surface area contributed by atoms with Crippen molar-refractivity contribution in [3.8, 4) is 0 Å². The molecule has 0 saturated carbocycles. The van der Waals surface area contributed by atoms with Crippen molar-refractivity contribution in [2.45, 2.75) is 24.8 Å². The van der Waals surface area contributed by atoms with E-state index in [2.05, 4.69) is 5.32 Å². The van der Waals surface area contributed by atoms with E-state index in [1.165, 1.54) is 4.31 Å². The molecule has 0 unspecified atom stereocenters. The summed E-state index contributed by atoms with van der Waals surface area (Å²) in [6, 6.07) is 15.0. The van der Waals surface area contributed by atoms with Gasteiger partial charge in [-0.25, -0.2) is 8.42 Å². The van der Waals surface area contributed by atoms with E-state index in [-0.39, 0.29) is 23.4 Å². The Hall–Kier alpha value is -2.26. The number of carbonyl (C=O) groups is 1. The molecule has 0 spiro atoms. The van der Waals surface area contributed by atoms with Crippen molar-refractivity contribution in [1.82, 2.24) is 4.31 Å². The maximum Gasteiger partial charge on any atom is 0.279 e. The molecule has 0 radical (unpaired) electrons. The molecule has 1 amide bonds. The van der Waals surface area contributed by atoms with Crippen LogP contribution in [0, 0.1) is 6.92 Å². The monoisotopic (exact) mass is 418 g/mol. The highest BCUT2D eigenvalue weighted by atomic mass is 32.2. The van der Waals surface area contributed by atoms with E-state index in [1.807, 2.05) is 49.5 Å². The fraction of sp³-hybridized carbons (Fsp3) is 0.381. The molecule has 0 aliphatic carbocycles. The first-order valence-corrected chi connectivity index (χ1v) is 11.2. The lowest BCUT2D eigenvalue weighted by Gasteiger charge is -2.26. The second-order valence-electron chi connectivity index (χ2n) is 7.18. The largest absolute Gasteiger partial charge is 0.379 e. The van der Waals surface area contributed by atoms with Crippen LogP contribution in [0.5, 0.6) is 0 Å². The first-order chi connectivity index (χ1) is 13.9. The van der Waals surface area contributed by atoms with E-state index in [4.69, 9.17) is 4.74 Å². The van der Waals surface area contributed by atoms with Gasteiger partial charge < -0.3 is 15.4 Å². The van der Waals surface area contributed by atoms with Gasteiger partial charge in [-0.2, -0.15) is 4.31 Å². The number of hydrogen-bond donors (Lipinski definition) is 2. The Bertz CT molecular complexity index is 942. The second-order valence-corrected chi connectivity index (χ2v) is 9.12. The zero-order valence-electron chi connectivity index (χ0n) is 16.8. The molecular weight excluding hydrogens is 390 g/mol. The van der Waals surface area contributed by atoms with Gasteiger partial charge in [-0.05, 0) is 31.5 Å². The van der Waals surface area contributed by atoms with Gasteiger partial charge in [-0.1, -0.05) is 36.4 Å². The van der Waals surface area contributed by atoms with Crippen LogP contribution < -0.4 is 10.6 Å². The van der Waals surface area contributed by atoms with Crippen molar-refractivity contribution in [2.24, 2.45) is 0 Å². The van der Waals surface area contributed by atoms with Crippen LogP contribution in [0.2, 0.25) is 0 Å². The van der Waals surface area contributed by atoms with Crippen LogP contribution in [-0.2, 0) is 19.6 Å². The number of hydrogen-bond acceptors (Lipinski definition) is 4. The predicted molar refractivity (Wildman–Crippen MR) is 111 cm³/mol. The summed E-state index contributed by atoms with van der Waals surface area (Å²) in [5, 5.41) is 4.81. The summed E-state index contributed by atoms with van der Waals surface area (Å²) in [4.78, 5) is 12.6. The van der Waals surface area contributed by atoms with Gasteiger partial charge in [-0.15, -0.1) is 0 Å². The molecule has 3 N–H and O–H groups in total. The molecule has 1 saturated heterocycles. The van der Waals surface area contributed by atoms with E-state index in [1.54, 1.807) is 18.2 Å². The Morgan fingerprint density at radius 3 is 2.55 bits per heavy atom. The number of sulfonamides is 1. The van der Waals surface area contributed by atoms with Gasteiger partial charge in [-0.3, -0.25) is 4.79 Å². The van der Waals surface area contributed by atoms with Crippen LogP contribution >= 0.6 is 0 Å². The first-order valence-electron chi connectivity index (χ1n) is 9.74. The lowest BCUT2D eigenvalue weighted by Crippen LogP contribution is -2.86. The van der Waals surface area contributed by atoms with Crippen LogP contribution in [0.3, 0.4) is 0 Å². The summed E-state index contributed by atoms with van der Waals surface area (Å²) in [7, 11) is -3.60. The normalized spacial score (nSPS) is 16.3. The minimum absolute atomic E-state index is 0.149. The van der Waals surface area contributed by atoms with Gasteiger partial charge in [0, 0.05) is 24.3 Å². The highest BCUT2D eigenvalue weighted by molar-refractivity contribution is 7.89. The van der Waals surface area contributed by atoms with Crippen molar-refractivity contribution in [3.63, 3.8) is 0 Å². The minimum Gasteiger partial charge on any atom is -0.379 e. The fourth-order valence-corrected chi connectivity index (χ4v) is 4.64. The van der Waals surface area contributed by atoms with Crippen molar-refractivity contribution in [1.29, 1.82) is 0 Å². The number of rotatable bonds is 7. The standard InChI is InChI=1S/C21H27N3O4S/c1-16-8-9-19(29(26,27)24-10-12-28-13-11-24)14-20(16)23-21(25)15-22-17(2)18-6-4-3-5-7-18/h3-9,14,17,22H,10-13,15H2,1-2H3,(H,23,25)/p+1/t17-/m0/s1. The number of nitrogens with two attached hydrogens (primary N) is 1. The molecule has 1 aliphatic heterocycles. The molecule has 2 aromatic rings. The van der Waals surface area contributed by atoms with E-state index in [0.29, 0.717) is 32.0 Å². The van der Waals surface area contributed by atoms with E-state index in [0.717, 1.165) is 11.1 Å². The number of morpholine rings is 1. The molecule has 1 aliphatic rings. The number of quaternary nitrogens is 1. The molecule has 1 heterocycles. The Morgan fingerprint density at radius 1 is 1.17 bits per heavy atom. The average Bonchev–Trinajstić information content (AvgIpc) is 2.74. The van der Waals surface area contributed by atoms with Gasteiger partial charge in [0.2, 0.25) is 10.0 Å². The third-order valence-corrected chi connectivity index (χ3v) is 6.97. The van der Waals surface area contributed by atoms with Gasteiger partial charge in [0.25, 0.3) is 5.91 Å². The van der Waals surface area contributed by atoms with E-state index < -0.39 is 10.0 Å². The molecule has 3 rings (SSSR count). The van der Waals surface area contributed by atoms with E-state index >= 15 is 0 Å². The van der Waals surface area contributed by atoms with Crippen molar-refractivity contribution >= 4 is 21.6 Å². The highest BCUT2D eigenvalue weighted by Gasteiger charge is 2.27. The fourth-order valence-electron chi connectivity index (χ4n) is 3.21. The molecule has 156 valence electrons. The van der Waals surface area contributed by atoms with E-state index in [9.17, 15) is 13.2 Å². The van der Waals surface area contributed by atoms with Crippen LogP contribution in [-0.4, -0.2) is 51.5 Å². The summed E-state index contributed by atoms with van der Waals surface area (Å²) in [6.07, 6.45) is 0. The summed E-state index contributed by atoms with van der Waals surface area (Å²) in [6.45, 7) is 5.60. The molecule has 2 aromatic carbocycles. The number of aryl methyl sites for hydroxylation is 1. The number of ether oxygens (including phenoxy) is 1. The Kier molecular flexibility index (Phi) is 7.02. The molecule has 8 heteroatoms. The molecule has 1 fully saturated rings. The maximum absolute atomic E-state index is 12.9. The van der Waals surface area contributed by atoms with Gasteiger partial charge in [0.05, 0.1) is 18.1 Å². The molecule has 0 bridgehead atoms. The minimum atomic E-state index is -3.60. The third kappa shape index (κ3) is 5.42. The zero-order chi connectivity index (χ0) is 20.9. The van der Waals surface area contributed by atoms with Gasteiger partial charge in [0.15, 0.2) is 6.54 Å². The summed E-state index contributed by atoms with van der Waals surface area (Å²) in [5.74, 6) is -0.170. The molecule has 29 heavy (non-hydrogen) atoms. The highest BCUT2D eigenvalue weighted by Crippen LogP contribution is 2.23. The van der Waals surface area contributed by atoms with Crippen LogP contribution in [0.15, 0.2) is 53.4 Å².